The van der Waals surface area contributed by atoms with E-state index >= 15 is 0 Å². The van der Waals surface area contributed by atoms with Crippen LogP contribution in [0.15, 0.2) is 0 Å². The third-order valence-corrected chi connectivity index (χ3v) is 5.42. The van der Waals surface area contributed by atoms with E-state index in [1.807, 2.05) is 13.8 Å². The summed E-state index contributed by atoms with van der Waals surface area (Å²) < 4.78 is 0. The number of nitrogens with one attached hydrogen (secondary N) is 1. The number of carbonyl (C=O) groups is 1. The lowest BCUT2D eigenvalue weighted by atomic mass is 9.81. The van der Waals surface area contributed by atoms with Crippen molar-refractivity contribution in [1.29, 1.82) is 5.26 Å². The number of nitrogens with zero attached hydrogens (tertiary/aromatic N) is 1. The number of rotatable bonds is 3. The Labute approximate surface area is 136 Å². The van der Waals surface area contributed by atoms with E-state index in [1.165, 1.54) is 4.88 Å². The van der Waals surface area contributed by atoms with Gasteiger partial charge in [-0.15, -0.1) is 11.3 Å². The molecule has 3 N–H and O–H groups in total. The van der Waals surface area contributed by atoms with Crippen LogP contribution in [-0.2, 0) is 16.8 Å². The molecule has 4 nitrogen and oxygen atoms in total. The number of amides is 1. The summed E-state index contributed by atoms with van der Waals surface area (Å²) in [6.07, 6.45) is 1.33. The summed E-state index contributed by atoms with van der Waals surface area (Å²) in [7, 11) is 0. The first-order valence-corrected chi connectivity index (χ1v) is 8.60. The fourth-order valence-electron chi connectivity index (χ4n) is 3.46. The van der Waals surface area contributed by atoms with Crippen molar-refractivity contribution >= 4 is 22.2 Å². The van der Waals surface area contributed by atoms with Gasteiger partial charge in [-0.2, -0.15) is 5.26 Å². The molecule has 2 rings (SSSR count). The summed E-state index contributed by atoms with van der Waals surface area (Å²) in [6.45, 7) is 12.8. The van der Waals surface area contributed by atoms with Crippen molar-refractivity contribution in [2.45, 2.75) is 65.5 Å². The highest BCUT2D eigenvalue weighted by molar-refractivity contribution is 7.16. The molecule has 5 heteroatoms. The Morgan fingerprint density at radius 3 is 2.59 bits per heavy atom. The molecule has 2 heterocycles. The van der Waals surface area contributed by atoms with Crippen molar-refractivity contribution in [2.75, 3.05) is 5.32 Å². The topological polar surface area (TPSA) is 69.5 Å². The van der Waals surface area contributed by atoms with E-state index in [4.69, 9.17) is 0 Å². The normalized spacial score (nSPS) is 18.6. The predicted octanol–water partition coefficient (Wildman–Crippen LogP) is 2.74. The molecule has 1 aliphatic rings. The molecule has 0 atom stereocenters. The fraction of sp³-hybridized carbons (Fsp3) is 0.647. The number of fused-ring (bicyclic) bond motifs is 1. The van der Waals surface area contributed by atoms with Crippen molar-refractivity contribution in [1.82, 2.24) is 0 Å². The highest BCUT2D eigenvalue weighted by Gasteiger charge is 2.44. The van der Waals surface area contributed by atoms with Crippen molar-refractivity contribution in [3.63, 3.8) is 0 Å². The second kappa shape index (κ2) is 5.68. The van der Waals surface area contributed by atoms with Crippen LogP contribution in [0.25, 0.3) is 0 Å². The minimum absolute atomic E-state index is 0.00820. The molecule has 0 saturated carbocycles. The minimum Gasteiger partial charge on any atom is -0.333 e. The number of quaternary nitrogens is 1. The highest BCUT2D eigenvalue weighted by Crippen LogP contribution is 2.41. The Hall–Kier alpha value is -1.38. The minimum atomic E-state index is -0.0750. The van der Waals surface area contributed by atoms with Gasteiger partial charge in [-0.1, -0.05) is 13.8 Å². The maximum absolute atomic E-state index is 12.1. The third-order valence-electron chi connectivity index (χ3n) is 3.93. The maximum atomic E-state index is 12.1. The number of thiophene rings is 1. The van der Waals surface area contributed by atoms with Gasteiger partial charge in [0.2, 0.25) is 5.91 Å². The molecule has 22 heavy (non-hydrogen) atoms. The average Bonchev–Trinajstić information content (AvgIpc) is 2.63. The summed E-state index contributed by atoms with van der Waals surface area (Å²) in [6, 6.07) is 2.32. The molecule has 1 aromatic rings. The number of hydrogen-bond acceptors (Lipinski definition) is 3. The quantitative estimate of drug-likeness (QED) is 0.899. The van der Waals surface area contributed by atoms with Crippen LogP contribution in [0.4, 0.5) is 5.00 Å². The molecule has 1 aromatic heterocycles. The van der Waals surface area contributed by atoms with Gasteiger partial charge in [-0.3, -0.25) is 4.79 Å². The number of carbonyl (C=O) groups excluding carboxylic acids is 1. The van der Waals surface area contributed by atoms with Gasteiger partial charge in [0.1, 0.15) is 16.6 Å². The zero-order valence-electron chi connectivity index (χ0n) is 14.3. The van der Waals surface area contributed by atoms with Crippen LogP contribution in [-0.4, -0.2) is 11.4 Å². The molecule has 0 fully saturated rings. The predicted molar refractivity (Wildman–Crippen MR) is 89.9 cm³/mol. The van der Waals surface area contributed by atoms with Crippen molar-refractivity contribution < 1.29 is 10.1 Å². The van der Waals surface area contributed by atoms with E-state index in [0.717, 1.165) is 17.0 Å². The zero-order valence-corrected chi connectivity index (χ0v) is 15.1. The van der Waals surface area contributed by atoms with Gasteiger partial charge in [0, 0.05) is 12.8 Å². The monoisotopic (exact) mass is 320 g/mol. The number of nitrogens with two attached hydrogens (primary N) is 1. The molecule has 0 radical (unpaired) electrons. The van der Waals surface area contributed by atoms with E-state index in [-0.39, 0.29) is 17.0 Å². The van der Waals surface area contributed by atoms with Gasteiger partial charge < -0.3 is 10.6 Å². The van der Waals surface area contributed by atoms with E-state index in [0.29, 0.717) is 17.9 Å². The van der Waals surface area contributed by atoms with Gasteiger partial charge in [0.05, 0.1) is 16.0 Å². The van der Waals surface area contributed by atoms with Gasteiger partial charge in [0.25, 0.3) is 0 Å². The molecular formula is C17H26N3OS+. The second-order valence-electron chi connectivity index (χ2n) is 7.90. The van der Waals surface area contributed by atoms with E-state index < -0.39 is 0 Å². The Kier molecular flexibility index (Phi) is 4.38. The maximum Gasteiger partial charge on any atom is 0.225 e. The first-order valence-electron chi connectivity index (χ1n) is 7.79. The third kappa shape index (κ3) is 3.34. The van der Waals surface area contributed by atoms with Crippen LogP contribution in [0.3, 0.4) is 0 Å². The van der Waals surface area contributed by atoms with Crippen LogP contribution < -0.4 is 10.6 Å². The van der Waals surface area contributed by atoms with Crippen LogP contribution in [0.2, 0.25) is 0 Å². The van der Waals surface area contributed by atoms with E-state index in [2.05, 4.69) is 44.4 Å². The molecule has 0 saturated heterocycles. The Morgan fingerprint density at radius 1 is 1.41 bits per heavy atom. The molecule has 120 valence electrons. The van der Waals surface area contributed by atoms with Crippen LogP contribution in [0.5, 0.6) is 0 Å². The summed E-state index contributed by atoms with van der Waals surface area (Å²) in [5, 5.41) is 15.6. The molecule has 0 unspecified atom stereocenters. The number of hydrogen-bond donors (Lipinski definition) is 2. The molecule has 0 spiro atoms. The molecule has 1 amide bonds. The van der Waals surface area contributed by atoms with Crippen molar-refractivity contribution in [3.05, 3.63) is 16.0 Å². The average molecular weight is 320 g/mol. The summed E-state index contributed by atoms with van der Waals surface area (Å²) in [5.41, 5.74) is 1.76. The zero-order chi connectivity index (χ0) is 16.7. The summed E-state index contributed by atoms with van der Waals surface area (Å²) >= 11 is 1.56. The Bertz CT molecular complexity index is 635. The molecule has 1 aliphatic heterocycles. The lowest BCUT2D eigenvalue weighted by Gasteiger charge is -2.38. The first kappa shape index (κ1) is 17.0. The second-order valence-corrected chi connectivity index (χ2v) is 8.92. The highest BCUT2D eigenvalue weighted by atomic mass is 32.1. The van der Waals surface area contributed by atoms with Gasteiger partial charge in [-0.25, -0.2) is 0 Å². The molecule has 0 aliphatic carbocycles. The standard InChI is InChI=1S/C17H25N3OS/c1-10(2)7-13(21)19-15-12(9-18)11-8-16(3,4)20-17(5,6)14(11)22-15/h10,20H,7-8H2,1-6H3,(H,19,21)/p+1. The lowest BCUT2D eigenvalue weighted by molar-refractivity contribution is -0.789. The lowest BCUT2D eigenvalue weighted by Crippen LogP contribution is -3.03. The molecular weight excluding hydrogens is 294 g/mol. The van der Waals surface area contributed by atoms with Gasteiger partial charge >= 0.3 is 0 Å². The van der Waals surface area contributed by atoms with Gasteiger partial charge in [0.15, 0.2) is 0 Å². The van der Waals surface area contributed by atoms with Crippen LogP contribution in [0.1, 0.15) is 64.0 Å². The van der Waals surface area contributed by atoms with Crippen LogP contribution >= 0.6 is 11.3 Å². The van der Waals surface area contributed by atoms with Gasteiger partial charge in [-0.05, 0) is 39.2 Å². The van der Waals surface area contributed by atoms with E-state index in [9.17, 15) is 10.1 Å². The van der Waals surface area contributed by atoms with Crippen molar-refractivity contribution in [3.8, 4) is 6.07 Å². The smallest absolute Gasteiger partial charge is 0.225 e. The molecule has 0 aromatic carbocycles. The number of nitriles is 1. The Balaban J connectivity index is 2.42. The number of anilines is 1. The largest absolute Gasteiger partial charge is 0.333 e. The van der Waals surface area contributed by atoms with Crippen LogP contribution in [0, 0.1) is 17.2 Å². The molecule has 0 bridgehead atoms. The fourth-order valence-corrected chi connectivity index (χ4v) is 4.72. The van der Waals surface area contributed by atoms with E-state index in [1.54, 1.807) is 11.3 Å². The summed E-state index contributed by atoms with van der Waals surface area (Å²) in [5.74, 6) is 0.301. The first-order chi connectivity index (χ1) is 10.1. The SMILES string of the molecule is CC(C)CC(=O)Nc1sc2c(c1C#N)CC(C)(C)[NH2+]C2(C)C. The summed E-state index contributed by atoms with van der Waals surface area (Å²) in [4.78, 5) is 13.3. The Morgan fingerprint density at radius 2 is 2.05 bits per heavy atom. The van der Waals surface area contributed by atoms with Crippen molar-refractivity contribution in [2.24, 2.45) is 5.92 Å².